The fourth-order valence-electron chi connectivity index (χ4n) is 2.52. The van der Waals surface area contributed by atoms with Crippen LogP contribution in [0, 0.1) is 17.8 Å². The van der Waals surface area contributed by atoms with Crippen LogP contribution in [-0.2, 0) is 0 Å². The Balaban J connectivity index is 1.85. The molecule has 0 spiro atoms. The zero-order valence-electron chi connectivity index (χ0n) is 11.5. The Morgan fingerprint density at radius 1 is 1.18 bits per heavy atom. The van der Waals surface area contributed by atoms with E-state index in [1.54, 1.807) is 0 Å². The summed E-state index contributed by atoms with van der Waals surface area (Å²) < 4.78 is 0. The number of hydrogen-bond acceptors (Lipinski definition) is 1. The average Bonchev–Trinajstić information content (AvgIpc) is 3.13. The van der Waals surface area contributed by atoms with Gasteiger partial charge in [-0.2, -0.15) is 0 Å². The second-order valence-electron chi connectivity index (χ2n) is 5.86. The molecule has 0 aromatic carbocycles. The molecule has 17 heavy (non-hydrogen) atoms. The highest BCUT2D eigenvalue weighted by Crippen LogP contribution is 2.49. The first kappa shape index (κ1) is 12.7. The van der Waals surface area contributed by atoms with Gasteiger partial charge in [-0.15, -0.1) is 0 Å². The topological polar surface area (TPSA) is 36.4 Å². The lowest BCUT2D eigenvalue weighted by Gasteiger charge is -2.17. The van der Waals surface area contributed by atoms with Gasteiger partial charge in [0.25, 0.3) is 0 Å². The highest BCUT2D eigenvalue weighted by atomic mass is 15.2. The number of rotatable bonds is 6. The Hall–Kier alpha value is -0.730. The first-order valence-corrected chi connectivity index (χ1v) is 7.25. The molecule has 0 amide bonds. The molecule has 2 rings (SSSR count). The summed E-state index contributed by atoms with van der Waals surface area (Å²) in [5.74, 6) is 3.85. The molecule has 0 atom stereocenters. The minimum absolute atomic E-state index is 0.452. The van der Waals surface area contributed by atoms with E-state index in [0.717, 1.165) is 36.8 Å². The van der Waals surface area contributed by atoms with Crippen molar-refractivity contribution in [1.82, 2.24) is 10.6 Å². The number of guanidine groups is 1. The molecule has 0 aromatic rings. The Morgan fingerprint density at radius 2 is 1.76 bits per heavy atom. The molecule has 0 saturated heterocycles. The Morgan fingerprint density at radius 3 is 2.18 bits per heavy atom. The Bertz CT molecular complexity index is 253. The van der Waals surface area contributed by atoms with Crippen molar-refractivity contribution in [2.75, 3.05) is 13.1 Å². The predicted molar refractivity (Wildman–Crippen MR) is 73.2 cm³/mol. The molecule has 2 N–H and O–H groups in total. The van der Waals surface area contributed by atoms with Gasteiger partial charge in [-0.3, -0.25) is 4.99 Å². The van der Waals surface area contributed by atoms with Crippen LogP contribution in [0.15, 0.2) is 4.99 Å². The molecule has 2 aliphatic rings. The first-order valence-electron chi connectivity index (χ1n) is 7.25. The number of nitrogens with one attached hydrogen (secondary N) is 2. The third-order valence-corrected chi connectivity index (χ3v) is 3.68. The predicted octanol–water partition coefficient (Wildman–Crippen LogP) is 2.39. The minimum atomic E-state index is 0.452. The molecule has 0 aliphatic heterocycles. The van der Waals surface area contributed by atoms with Gasteiger partial charge in [-0.05, 0) is 64.2 Å². The SMILES string of the molecule is CCNC(=NCC(C1CC1)C1CC1)NC(C)C. The maximum absolute atomic E-state index is 4.77. The Kier molecular flexibility index (Phi) is 4.30. The lowest BCUT2D eigenvalue weighted by Crippen LogP contribution is -2.41. The summed E-state index contributed by atoms with van der Waals surface area (Å²) in [4.78, 5) is 4.77. The maximum Gasteiger partial charge on any atom is 0.191 e. The first-order chi connectivity index (χ1) is 8.20. The average molecular weight is 237 g/mol. The number of hydrogen-bond donors (Lipinski definition) is 2. The molecule has 2 saturated carbocycles. The van der Waals surface area contributed by atoms with E-state index >= 15 is 0 Å². The van der Waals surface area contributed by atoms with Crippen LogP contribution >= 0.6 is 0 Å². The van der Waals surface area contributed by atoms with Gasteiger partial charge in [0, 0.05) is 19.1 Å². The zero-order chi connectivity index (χ0) is 12.3. The van der Waals surface area contributed by atoms with Gasteiger partial charge in [0.15, 0.2) is 5.96 Å². The molecule has 3 heteroatoms. The van der Waals surface area contributed by atoms with E-state index < -0.39 is 0 Å². The summed E-state index contributed by atoms with van der Waals surface area (Å²) in [6.45, 7) is 8.41. The van der Waals surface area contributed by atoms with E-state index in [1.165, 1.54) is 25.7 Å². The van der Waals surface area contributed by atoms with Crippen molar-refractivity contribution in [3.63, 3.8) is 0 Å². The fraction of sp³-hybridized carbons (Fsp3) is 0.929. The molecule has 0 aromatic heterocycles. The summed E-state index contributed by atoms with van der Waals surface area (Å²) in [5, 5.41) is 6.72. The molecule has 3 nitrogen and oxygen atoms in total. The van der Waals surface area contributed by atoms with E-state index in [-0.39, 0.29) is 0 Å². The number of nitrogens with zero attached hydrogens (tertiary/aromatic N) is 1. The third-order valence-electron chi connectivity index (χ3n) is 3.68. The van der Waals surface area contributed by atoms with E-state index in [2.05, 4.69) is 31.4 Å². The normalized spacial score (nSPS) is 21.1. The summed E-state index contributed by atoms with van der Waals surface area (Å²) in [7, 11) is 0. The van der Waals surface area contributed by atoms with Crippen molar-refractivity contribution in [1.29, 1.82) is 0 Å². The van der Waals surface area contributed by atoms with Crippen LogP contribution in [0.1, 0.15) is 46.5 Å². The molecule has 2 fully saturated rings. The standard InChI is InChI=1S/C14H27N3/c1-4-15-14(17-10(2)3)16-9-13(11-5-6-11)12-7-8-12/h10-13H,4-9H2,1-3H3,(H2,15,16,17). The molecule has 0 unspecified atom stereocenters. The van der Waals surface area contributed by atoms with E-state index in [0.29, 0.717) is 6.04 Å². The molecule has 0 radical (unpaired) electrons. The molecule has 98 valence electrons. The highest BCUT2D eigenvalue weighted by molar-refractivity contribution is 5.79. The fourth-order valence-corrected chi connectivity index (χ4v) is 2.52. The second kappa shape index (κ2) is 5.74. The third kappa shape index (κ3) is 4.21. The molecule has 0 heterocycles. The van der Waals surface area contributed by atoms with Crippen LogP contribution in [0.25, 0.3) is 0 Å². The van der Waals surface area contributed by atoms with Crippen LogP contribution in [0.5, 0.6) is 0 Å². The lowest BCUT2D eigenvalue weighted by atomic mass is 9.98. The van der Waals surface area contributed by atoms with Gasteiger partial charge in [-0.1, -0.05) is 0 Å². The van der Waals surface area contributed by atoms with E-state index in [1.807, 2.05) is 0 Å². The zero-order valence-corrected chi connectivity index (χ0v) is 11.5. The summed E-state index contributed by atoms with van der Waals surface area (Å²) in [6.07, 6.45) is 5.80. The van der Waals surface area contributed by atoms with Crippen LogP contribution in [0.3, 0.4) is 0 Å². The van der Waals surface area contributed by atoms with Crippen molar-refractivity contribution in [2.24, 2.45) is 22.7 Å². The monoisotopic (exact) mass is 237 g/mol. The largest absolute Gasteiger partial charge is 0.357 e. The smallest absolute Gasteiger partial charge is 0.191 e. The quantitative estimate of drug-likeness (QED) is 0.550. The van der Waals surface area contributed by atoms with Crippen molar-refractivity contribution in [3.05, 3.63) is 0 Å². The highest BCUT2D eigenvalue weighted by Gasteiger charge is 2.41. The number of aliphatic imine (C=N–C) groups is 1. The van der Waals surface area contributed by atoms with Crippen molar-refractivity contribution in [2.45, 2.75) is 52.5 Å². The van der Waals surface area contributed by atoms with Crippen LogP contribution in [-0.4, -0.2) is 25.1 Å². The van der Waals surface area contributed by atoms with Crippen molar-refractivity contribution in [3.8, 4) is 0 Å². The van der Waals surface area contributed by atoms with E-state index in [9.17, 15) is 0 Å². The lowest BCUT2D eigenvalue weighted by molar-refractivity contribution is 0.416. The summed E-state index contributed by atoms with van der Waals surface area (Å²) in [6, 6.07) is 0.452. The summed E-state index contributed by atoms with van der Waals surface area (Å²) in [5.41, 5.74) is 0. The van der Waals surface area contributed by atoms with Gasteiger partial charge >= 0.3 is 0 Å². The van der Waals surface area contributed by atoms with Gasteiger partial charge in [0.05, 0.1) is 0 Å². The molecule has 2 aliphatic carbocycles. The van der Waals surface area contributed by atoms with Crippen LogP contribution < -0.4 is 10.6 Å². The summed E-state index contributed by atoms with van der Waals surface area (Å²) >= 11 is 0. The second-order valence-corrected chi connectivity index (χ2v) is 5.86. The van der Waals surface area contributed by atoms with Crippen molar-refractivity contribution >= 4 is 5.96 Å². The Labute approximate surface area is 105 Å². The molecule has 0 bridgehead atoms. The minimum Gasteiger partial charge on any atom is -0.357 e. The van der Waals surface area contributed by atoms with Crippen LogP contribution in [0.2, 0.25) is 0 Å². The van der Waals surface area contributed by atoms with Gasteiger partial charge < -0.3 is 10.6 Å². The van der Waals surface area contributed by atoms with Gasteiger partial charge in [0.2, 0.25) is 0 Å². The maximum atomic E-state index is 4.77. The van der Waals surface area contributed by atoms with E-state index in [4.69, 9.17) is 4.99 Å². The van der Waals surface area contributed by atoms with Gasteiger partial charge in [0.1, 0.15) is 0 Å². The van der Waals surface area contributed by atoms with Gasteiger partial charge in [-0.25, -0.2) is 0 Å². The molecular weight excluding hydrogens is 210 g/mol. The van der Waals surface area contributed by atoms with Crippen molar-refractivity contribution < 1.29 is 0 Å². The van der Waals surface area contributed by atoms with Crippen LogP contribution in [0.4, 0.5) is 0 Å². The molecular formula is C14H27N3.